The molecule has 0 amide bonds. The molecule has 0 atom stereocenters. The lowest BCUT2D eigenvalue weighted by molar-refractivity contribution is 0.0698. The van der Waals surface area contributed by atoms with Gasteiger partial charge in [0.15, 0.2) is 0 Å². The zero-order chi connectivity index (χ0) is 15.3. The zero-order valence-electron chi connectivity index (χ0n) is 11.1. The third kappa shape index (κ3) is 5.48. The van der Waals surface area contributed by atoms with E-state index in [1.54, 1.807) is 13.8 Å². The topological polar surface area (TPSA) is 92.7 Å². The van der Waals surface area contributed by atoms with E-state index in [2.05, 4.69) is 20.7 Å². The number of hydrogen-bond acceptors (Lipinski definition) is 4. The van der Waals surface area contributed by atoms with Crippen LogP contribution in [0.2, 0.25) is 0 Å². The Bertz CT molecular complexity index is 586. The van der Waals surface area contributed by atoms with Crippen LogP contribution in [0.25, 0.3) is 0 Å². The summed E-state index contributed by atoms with van der Waals surface area (Å²) in [5.41, 5.74) is -0.0852. The highest BCUT2D eigenvalue weighted by atomic mass is 79.9. The maximum atomic E-state index is 11.9. The molecule has 0 unspecified atom stereocenters. The van der Waals surface area contributed by atoms with Crippen LogP contribution >= 0.6 is 15.9 Å². The Morgan fingerprint density at radius 1 is 1.45 bits per heavy atom. The molecule has 0 spiro atoms. The van der Waals surface area contributed by atoms with Gasteiger partial charge in [-0.25, -0.2) is 13.2 Å². The van der Waals surface area contributed by atoms with Crippen LogP contribution < -0.4 is 4.72 Å². The molecule has 1 rings (SSSR count). The molecular weight excluding hydrogens is 350 g/mol. The van der Waals surface area contributed by atoms with Gasteiger partial charge in [-0.1, -0.05) is 15.9 Å². The Morgan fingerprint density at radius 3 is 2.65 bits per heavy atom. The second-order valence-electron chi connectivity index (χ2n) is 4.34. The standard InChI is InChI=1S/C12H16BrNO5S/c1-8(2)19-5-6-20(17,18)14-11-7-9(13)3-4-10(11)12(15)16/h3-4,7-8,14H,5-6H2,1-2H3,(H,15,16). The number of nitrogens with one attached hydrogen (secondary N) is 1. The third-order valence-electron chi connectivity index (χ3n) is 2.28. The van der Waals surface area contributed by atoms with Crippen molar-refractivity contribution in [3.63, 3.8) is 0 Å². The van der Waals surface area contributed by atoms with Gasteiger partial charge in [0.05, 0.1) is 29.7 Å². The van der Waals surface area contributed by atoms with E-state index in [4.69, 9.17) is 9.84 Å². The Morgan fingerprint density at radius 2 is 2.10 bits per heavy atom. The molecule has 0 saturated carbocycles. The van der Waals surface area contributed by atoms with Gasteiger partial charge < -0.3 is 9.84 Å². The molecule has 1 aromatic carbocycles. The predicted octanol–water partition coefficient (Wildman–Crippen LogP) is 2.31. The monoisotopic (exact) mass is 365 g/mol. The number of rotatable bonds is 7. The minimum atomic E-state index is -3.66. The molecule has 2 N–H and O–H groups in total. The number of hydrogen-bond donors (Lipinski definition) is 2. The Balaban J connectivity index is 2.86. The first-order valence-corrected chi connectivity index (χ1v) is 8.31. The summed E-state index contributed by atoms with van der Waals surface area (Å²) in [5.74, 6) is -1.44. The van der Waals surface area contributed by atoms with Gasteiger partial charge in [-0.15, -0.1) is 0 Å². The summed E-state index contributed by atoms with van der Waals surface area (Å²) < 4.78 is 31.8. The summed E-state index contributed by atoms with van der Waals surface area (Å²) in [6, 6.07) is 4.27. The van der Waals surface area contributed by atoms with Gasteiger partial charge in [0.25, 0.3) is 0 Å². The van der Waals surface area contributed by atoms with E-state index < -0.39 is 16.0 Å². The van der Waals surface area contributed by atoms with Crippen molar-refractivity contribution in [3.8, 4) is 0 Å². The normalized spacial score (nSPS) is 11.6. The highest BCUT2D eigenvalue weighted by Crippen LogP contribution is 2.22. The average molecular weight is 366 g/mol. The molecule has 8 heteroatoms. The predicted molar refractivity (Wildman–Crippen MR) is 79.6 cm³/mol. The number of anilines is 1. The third-order valence-corrected chi connectivity index (χ3v) is 4.01. The van der Waals surface area contributed by atoms with Crippen LogP contribution in [0, 0.1) is 0 Å². The number of carboxylic acids is 1. The molecule has 0 fully saturated rings. The van der Waals surface area contributed by atoms with Crippen molar-refractivity contribution in [3.05, 3.63) is 28.2 Å². The van der Waals surface area contributed by atoms with Crippen LogP contribution in [0.15, 0.2) is 22.7 Å². The Hall–Kier alpha value is -1.12. The van der Waals surface area contributed by atoms with Gasteiger partial charge in [-0.05, 0) is 32.0 Å². The van der Waals surface area contributed by atoms with Gasteiger partial charge in [0, 0.05) is 4.47 Å². The molecule has 0 aliphatic rings. The number of ether oxygens (including phenoxy) is 1. The van der Waals surface area contributed by atoms with Crippen LogP contribution in [0.3, 0.4) is 0 Å². The molecule has 0 bridgehead atoms. The molecule has 0 saturated heterocycles. The summed E-state index contributed by atoms with van der Waals surface area (Å²) in [5, 5.41) is 9.03. The number of carboxylic acid groups (broad SMARTS) is 1. The van der Waals surface area contributed by atoms with Gasteiger partial charge in [-0.3, -0.25) is 4.72 Å². The maximum Gasteiger partial charge on any atom is 0.337 e. The van der Waals surface area contributed by atoms with Crippen molar-refractivity contribution >= 4 is 37.6 Å². The summed E-state index contributed by atoms with van der Waals surface area (Å²) in [4.78, 5) is 11.0. The van der Waals surface area contributed by atoms with Crippen molar-refractivity contribution in [2.24, 2.45) is 0 Å². The molecule has 0 heterocycles. The van der Waals surface area contributed by atoms with Crippen LogP contribution in [-0.4, -0.2) is 38.0 Å². The summed E-state index contributed by atoms with van der Waals surface area (Å²) in [7, 11) is -3.66. The second-order valence-corrected chi connectivity index (χ2v) is 7.09. The molecule has 0 radical (unpaired) electrons. The lowest BCUT2D eigenvalue weighted by atomic mass is 10.2. The first-order valence-electron chi connectivity index (χ1n) is 5.86. The molecule has 0 aliphatic heterocycles. The lowest BCUT2D eigenvalue weighted by Gasteiger charge is -2.12. The van der Waals surface area contributed by atoms with E-state index in [-0.39, 0.29) is 29.7 Å². The summed E-state index contributed by atoms with van der Waals surface area (Å²) >= 11 is 3.17. The smallest absolute Gasteiger partial charge is 0.337 e. The van der Waals surface area contributed by atoms with E-state index in [0.29, 0.717) is 4.47 Å². The number of carbonyl (C=O) groups is 1. The zero-order valence-corrected chi connectivity index (χ0v) is 13.5. The van der Waals surface area contributed by atoms with Gasteiger partial charge in [0.2, 0.25) is 10.0 Å². The van der Waals surface area contributed by atoms with E-state index in [0.717, 1.165) is 0 Å². The fourth-order valence-electron chi connectivity index (χ4n) is 1.40. The van der Waals surface area contributed by atoms with E-state index in [1.807, 2.05) is 0 Å². The second kappa shape index (κ2) is 7.05. The molecule has 20 heavy (non-hydrogen) atoms. The maximum absolute atomic E-state index is 11.9. The molecule has 6 nitrogen and oxygen atoms in total. The van der Waals surface area contributed by atoms with Crippen LogP contribution in [-0.2, 0) is 14.8 Å². The fraction of sp³-hybridized carbons (Fsp3) is 0.417. The largest absolute Gasteiger partial charge is 0.478 e. The van der Waals surface area contributed by atoms with Crippen LogP contribution in [0.1, 0.15) is 24.2 Å². The highest BCUT2D eigenvalue weighted by Gasteiger charge is 2.17. The average Bonchev–Trinajstić information content (AvgIpc) is 2.26. The lowest BCUT2D eigenvalue weighted by Crippen LogP contribution is -2.22. The summed E-state index contributed by atoms with van der Waals surface area (Å²) in [6.45, 7) is 3.65. The summed E-state index contributed by atoms with van der Waals surface area (Å²) in [6.07, 6.45) is -0.0642. The van der Waals surface area contributed by atoms with Crippen molar-refractivity contribution in [2.45, 2.75) is 20.0 Å². The van der Waals surface area contributed by atoms with E-state index in [1.165, 1.54) is 18.2 Å². The van der Waals surface area contributed by atoms with Gasteiger partial charge >= 0.3 is 5.97 Å². The molecule has 0 aliphatic carbocycles. The minimum absolute atomic E-state index is 0.0245. The SMILES string of the molecule is CC(C)OCCS(=O)(=O)Nc1cc(Br)ccc1C(=O)O. The van der Waals surface area contributed by atoms with Crippen molar-refractivity contribution < 1.29 is 23.1 Å². The number of benzene rings is 1. The quantitative estimate of drug-likeness (QED) is 0.773. The number of sulfonamides is 1. The molecular formula is C12H16BrNO5S. The van der Waals surface area contributed by atoms with Gasteiger partial charge in [-0.2, -0.15) is 0 Å². The first-order chi connectivity index (χ1) is 9.21. The minimum Gasteiger partial charge on any atom is -0.478 e. The first kappa shape index (κ1) is 16.9. The van der Waals surface area contributed by atoms with Crippen molar-refractivity contribution in [1.29, 1.82) is 0 Å². The van der Waals surface area contributed by atoms with Crippen LogP contribution in [0.5, 0.6) is 0 Å². The van der Waals surface area contributed by atoms with Gasteiger partial charge in [0.1, 0.15) is 0 Å². The van der Waals surface area contributed by atoms with E-state index >= 15 is 0 Å². The van der Waals surface area contributed by atoms with E-state index in [9.17, 15) is 13.2 Å². The number of halogens is 1. The molecule has 1 aromatic rings. The Kier molecular flexibility index (Phi) is 5.97. The Labute approximate surface area is 126 Å². The number of aromatic carboxylic acids is 1. The van der Waals surface area contributed by atoms with Crippen molar-refractivity contribution in [1.82, 2.24) is 0 Å². The fourth-order valence-corrected chi connectivity index (χ4v) is 2.68. The van der Waals surface area contributed by atoms with Crippen LogP contribution in [0.4, 0.5) is 5.69 Å². The molecule has 112 valence electrons. The van der Waals surface area contributed by atoms with Crippen molar-refractivity contribution in [2.75, 3.05) is 17.1 Å². The highest BCUT2D eigenvalue weighted by molar-refractivity contribution is 9.10. The molecule has 0 aromatic heterocycles.